The average Bonchev–Trinajstić information content (AvgIpc) is 3.14. The lowest BCUT2D eigenvalue weighted by Crippen LogP contribution is -2.50. The molecule has 110 valence electrons. The fourth-order valence-corrected chi connectivity index (χ4v) is 2.55. The number of hydrogen-bond acceptors (Lipinski definition) is 3. The number of aromatic amines is 1. The number of carbonyl (C=O) groups is 1. The van der Waals surface area contributed by atoms with Gasteiger partial charge in [-0.3, -0.25) is 5.10 Å². The van der Waals surface area contributed by atoms with Crippen LogP contribution in [0.5, 0.6) is 0 Å². The number of piperidine rings is 1. The van der Waals surface area contributed by atoms with Crippen molar-refractivity contribution in [3.63, 3.8) is 0 Å². The van der Waals surface area contributed by atoms with Crippen LogP contribution in [0.1, 0.15) is 50.2 Å². The zero-order valence-electron chi connectivity index (χ0n) is 11.7. The molecule has 0 aromatic carbocycles. The van der Waals surface area contributed by atoms with Crippen molar-refractivity contribution in [3.05, 3.63) is 11.6 Å². The van der Waals surface area contributed by atoms with E-state index in [-0.39, 0.29) is 12.6 Å². The van der Waals surface area contributed by atoms with Gasteiger partial charge in [0.2, 0.25) is 0 Å². The number of urea groups is 1. The number of rotatable bonds is 3. The molecule has 0 radical (unpaired) electrons. The fraction of sp³-hybridized carbons (Fsp3) is 0.769. The van der Waals surface area contributed by atoms with E-state index in [1.54, 1.807) is 6.92 Å². The lowest BCUT2D eigenvalue weighted by Gasteiger charge is -2.34. The molecule has 2 fully saturated rings. The zero-order chi connectivity index (χ0) is 14.2. The van der Waals surface area contributed by atoms with Crippen LogP contribution in [0.25, 0.3) is 0 Å². The number of aromatic nitrogens is 3. The van der Waals surface area contributed by atoms with E-state index >= 15 is 0 Å². The van der Waals surface area contributed by atoms with Gasteiger partial charge in [-0.05, 0) is 32.6 Å². The Balaban J connectivity index is 1.50. The first-order chi connectivity index (χ1) is 9.53. The van der Waals surface area contributed by atoms with Crippen LogP contribution in [0.3, 0.4) is 0 Å². The smallest absolute Gasteiger partial charge is 0.317 e. The predicted octanol–water partition coefficient (Wildman–Crippen LogP) is 1.72. The van der Waals surface area contributed by atoms with Gasteiger partial charge in [0.1, 0.15) is 11.5 Å². The van der Waals surface area contributed by atoms with E-state index in [2.05, 4.69) is 20.5 Å². The van der Waals surface area contributed by atoms with Gasteiger partial charge in [-0.1, -0.05) is 0 Å². The van der Waals surface area contributed by atoms with E-state index in [0.717, 1.165) is 18.7 Å². The van der Waals surface area contributed by atoms with Crippen molar-refractivity contribution >= 4 is 6.03 Å². The summed E-state index contributed by atoms with van der Waals surface area (Å²) in [7, 11) is 0. The molecule has 1 saturated heterocycles. The second kappa shape index (κ2) is 5.03. The summed E-state index contributed by atoms with van der Waals surface area (Å²) in [6, 6.07) is -0.238. The molecule has 1 aromatic heterocycles. The topological polar surface area (TPSA) is 73.9 Å². The van der Waals surface area contributed by atoms with Crippen molar-refractivity contribution in [1.82, 2.24) is 25.4 Å². The van der Waals surface area contributed by atoms with Crippen molar-refractivity contribution in [2.45, 2.75) is 50.7 Å². The molecule has 1 atom stereocenters. The Morgan fingerprint density at radius 2 is 2.40 bits per heavy atom. The van der Waals surface area contributed by atoms with Gasteiger partial charge in [-0.15, -0.1) is 0 Å². The quantitative estimate of drug-likeness (QED) is 0.886. The minimum Gasteiger partial charge on any atom is -0.331 e. The standard InChI is InChI=1S/C13H20FN5O/c1-13(14)5-2-6-19(8-13)12(20)15-7-10-16-11(18-17-10)9-3-4-9/h9H,2-8H2,1H3,(H,15,20)(H,16,17,18). The molecule has 2 N–H and O–H groups in total. The molecule has 2 amide bonds. The van der Waals surface area contributed by atoms with Gasteiger partial charge < -0.3 is 10.2 Å². The van der Waals surface area contributed by atoms with Crippen molar-refractivity contribution in [2.75, 3.05) is 13.1 Å². The molecule has 2 aliphatic rings. The van der Waals surface area contributed by atoms with Crippen LogP contribution in [0.15, 0.2) is 0 Å². The van der Waals surface area contributed by atoms with Crippen LogP contribution in [0.2, 0.25) is 0 Å². The van der Waals surface area contributed by atoms with E-state index in [4.69, 9.17) is 0 Å². The van der Waals surface area contributed by atoms with Gasteiger partial charge >= 0.3 is 6.03 Å². The monoisotopic (exact) mass is 281 g/mol. The normalized spacial score (nSPS) is 26.6. The molecule has 6 nitrogen and oxygen atoms in total. The Morgan fingerprint density at radius 3 is 3.10 bits per heavy atom. The lowest BCUT2D eigenvalue weighted by atomic mass is 9.97. The number of hydrogen-bond donors (Lipinski definition) is 2. The first-order valence-electron chi connectivity index (χ1n) is 7.16. The number of H-pyrrole nitrogens is 1. The molecule has 0 spiro atoms. The van der Waals surface area contributed by atoms with Crippen molar-refractivity contribution in [1.29, 1.82) is 0 Å². The Morgan fingerprint density at radius 1 is 1.60 bits per heavy atom. The van der Waals surface area contributed by atoms with Gasteiger partial charge in [0.25, 0.3) is 0 Å². The summed E-state index contributed by atoms with van der Waals surface area (Å²) in [5.41, 5.74) is -1.28. The molecular formula is C13H20FN5O. The summed E-state index contributed by atoms with van der Waals surface area (Å²) < 4.78 is 13.9. The molecule has 1 aliphatic heterocycles. The maximum Gasteiger partial charge on any atom is 0.317 e. The Kier molecular flexibility index (Phi) is 3.35. The first-order valence-corrected chi connectivity index (χ1v) is 7.16. The van der Waals surface area contributed by atoms with Crippen molar-refractivity contribution in [2.24, 2.45) is 0 Å². The van der Waals surface area contributed by atoms with E-state index in [1.165, 1.54) is 4.90 Å². The third-order valence-electron chi connectivity index (χ3n) is 3.83. The van der Waals surface area contributed by atoms with E-state index < -0.39 is 5.67 Å². The first kappa shape index (κ1) is 13.3. The van der Waals surface area contributed by atoms with Crippen LogP contribution in [0.4, 0.5) is 9.18 Å². The molecule has 1 unspecified atom stereocenters. The third-order valence-corrected chi connectivity index (χ3v) is 3.83. The summed E-state index contributed by atoms with van der Waals surface area (Å²) in [6.07, 6.45) is 3.51. The minimum atomic E-state index is -1.28. The summed E-state index contributed by atoms with van der Waals surface area (Å²) in [5.74, 6) is 1.98. The Bertz CT molecular complexity index is 497. The SMILES string of the molecule is CC1(F)CCCN(C(=O)NCc2nc(C3CC3)n[nH]2)C1. The second-order valence-electron chi connectivity index (χ2n) is 6.01. The molecule has 1 saturated carbocycles. The van der Waals surface area contributed by atoms with Gasteiger partial charge in [-0.25, -0.2) is 14.2 Å². The van der Waals surface area contributed by atoms with Crippen molar-refractivity contribution < 1.29 is 9.18 Å². The zero-order valence-corrected chi connectivity index (χ0v) is 11.7. The van der Waals surface area contributed by atoms with Crippen LogP contribution < -0.4 is 5.32 Å². The van der Waals surface area contributed by atoms with E-state index in [1.807, 2.05) is 0 Å². The van der Waals surface area contributed by atoms with E-state index in [9.17, 15) is 9.18 Å². The second-order valence-corrected chi connectivity index (χ2v) is 6.01. The molecule has 1 aliphatic carbocycles. The highest BCUT2D eigenvalue weighted by molar-refractivity contribution is 5.74. The molecule has 20 heavy (non-hydrogen) atoms. The molecule has 7 heteroatoms. The summed E-state index contributed by atoms with van der Waals surface area (Å²) >= 11 is 0. The number of halogens is 1. The van der Waals surface area contributed by atoms with Crippen LogP contribution in [0, 0.1) is 0 Å². The summed E-state index contributed by atoms with van der Waals surface area (Å²) in [4.78, 5) is 17.9. The minimum absolute atomic E-state index is 0.155. The summed E-state index contributed by atoms with van der Waals surface area (Å²) in [5, 5.41) is 9.73. The lowest BCUT2D eigenvalue weighted by molar-refractivity contribution is 0.0763. The van der Waals surface area contributed by atoms with Crippen molar-refractivity contribution in [3.8, 4) is 0 Å². The highest BCUT2D eigenvalue weighted by Gasteiger charge is 2.33. The molecule has 1 aromatic rings. The van der Waals surface area contributed by atoms with Crippen LogP contribution >= 0.6 is 0 Å². The van der Waals surface area contributed by atoms with Gasteiger partial charge in [-0.2, -0.15) is 5.10 Å². The summed E-state index contributed by atoms with van der Waals surface area (Å²) in [6.45, 7) is 2.61. The number of nitrogens with zero attached hydrogens (tertiary/aromatic N) is 3. The van der Waals surface area contributed by atoms with Crippen LogP contribution in [-0.4, -0.2) is 44.9 Å². The molecule has 3 rings (SSSR count). The molecular weight excluding hydrogens is 261 g/mol. The maximum atomic E-state index is 13.9. The number of likely N-dealkylation sites (tertiary alicyclic amines) is 1. The van der Waals surface area contributed by atoms with Gasteiger partial charge in [0.15, 0.2) is 5.82 Å². The fourth-order valence-electron chi connectivity index (χ4n) is 2.55. The Hall–Kier alpha value is -1.66. The number of amides is 2. The van der Waals surface area contributed by atoms with E-state index in [0.29, 0.717) is 37.7 Å². The Labute approximate surface area is 117 Å². The van der Waals surface area contributed by atoms with Gasteiger partial charge in [0.05, 0.1) is 13.1 Å². The maximum absolute atomic E-state index is 13.9. The number of carbonyl (C=O) groups excluding carboxylic acids is 1. The predicted molar refractivity (Wildman–Crippen MR) is 70.9 cm³/mol. The largest absolute Gasteiger partial charge is 0.331 e. The molecule has 2 heterocycles. The van der Waals surface area contributed by atoms with Crippen LogP contribution in [-0.2, 0) is 6.54 Å². The van der Waals surface area contributed by atoms with Gasteiger partial charge in [0, 0.05) is 12.5 Å². The molecule has 0 bridgehead atoms. The highest BCUT2D eigenvalue weighted by Crippen LogP contribution is 2.37. The number of alkyl halides is 1. The number of nitrogens with one attached hydrogen (secondary N) is 2. The highest BCUT2D eigenvalue weighted by atomic mass is 19.1. The average molecular weight is 281 g/mol. The third kappa shape index (κ3) is 3.08.